The Balaban J connectivity index is 1.87. The van der Waals surface area contributed by atoms with Crippen LogP contribution >= 0.6 is 11.8 Å². The van der Waals surface area contributed by atoms with E-state index < -0.39 is 11.7 Å². The predicted molar refractivity (Wildman–Crippen MR) is 97.2 cm³/mol. The molecule has 0 aromatic heterocycles. The molecule has 0 bridgehead atoms. The van der Waals surface area contributed by atoms with Gasteiger partial charge in [0, 0.05) is 23.9 Å². The first-order valence-electron chi connectivity index (χ1n) is 8.16. The van der Waals surface area contributed by atoms with Gasteiger partial charge in [-0.1, -0.05) is 12.1 Å². The monoisotopic (exact) mass is 397 g/mol. The second kappa shape index (κ2) is 7.72. The summed E-state index contributed by atoms with van der Waals surface area (Å²) in [6.07, 6.45) is -4.38. The second-order valence-corrected chi connectivity index (χ2v) is 7.13. The minimum absolute atomic E-state index is 0.220. The summed E-state index contributed by atoms with van der Waals surface area (Å²) in [5.41, 5.74) is 0.365. The Hall–Kier alpha value is -2.35. The highest BCUT2D eigenvalue weighted by Crippen LogP contribution is 2.40. The molecule has 0 N–H and O–H groups in total. The summed E-state index contributed by atoms with van der Waals surface area (Å²) in [5, 5.41) is -0.336. The summed E-state index contributed by atoms with van der Waals surface area (Å²) in [6.45, 7) is 0.509. The SMILES string of the molecule is COc1cc(OC)cc(C(=O)N2CCS[C@H]2c2ccc(C(F)(F)F)cc2)c1. The number of nitrogens with zero attached hydrogens (tertiary/aromatic N) is 1. The van der Waals surface area contributed by atoms with Gasteiger partial charge in [0.05, 0.1) is 19.8 Å². The van der Waals surface area contributed by atoms with Gasteiger partial charge in [-0.15, -0.1) is 11.8 Å². The number of rotatable bonds is 4. The number of methoxy groups -OCH3 is 2. The summed E-state index contributed by atoms with van der Waals surface area (Å²) in [5.74, 6) is 1.48. The van der Waals surface area contributed by atoms with Gasteiger partial charge in [0.15, 0.2) is 0 Å². The van der Waals surface area contributed by atoms with Gasteiger partial charge in [-0.3, -0.25) is 4.79 Å². The van der Waals surface area contributed by atoms with Gasteiger partial charge >= 0.3 is 6.18 Å². The zero-order chi connectivity index (χ0) is 19.6. The standard InChI is InChI=1S/C19H18F3NO3S/c1-25-15-9-13(10-16(11-15)26-2)17(24)23-7-8-27-18(23)12-3-5-14(6-4-12)19(20,21)22/h3-6,9-11,18H,7-8H2,1-2H3/t18-/m0/s1. The number of amides is 1. The topological polar surface area (TPSA) is 38.8 Å². The first kappa shape index (κ1) is 19.4. The van der Waals surface area contributed by atoms with Gasteiger partial charge in [0.2, 0.25) is 0 Å². The van der Waals surface area contributed by atoms with Crippen LogP contribution in [0.3, 0.4) is 0 Å². The molecule has 1 aliphatic heterocycles. The van der Waals surface area contributed by atoms with Gasteiger partial charge in [0.25, 0.3) is 5.91 Å². The summed E-state index contributed by atoms with van der Waals surface area (Å²) in [7, 11) is 3.00. The molecule has 1 saturated heterocycles. The van der Waals surface area contributed by atoms with E-state index in [1.807, 2.05) is 0 Å². The van der Waals surface area contributed by atoms with E-state index in [-0.39, 0.29) is 11.3 Å². The van der Waals surface area contributed by atoms with Crippen LogP contribution in [-0.2, 0) is 6.18 Å². The summed E-state index contributed by atoms with van der Waals surface area (Å²) in [6, 6.07) is 9.87. The molecule has 0 unspecified atom stereocenters. The molecule has 3 rings (SSSR count). The third-order valence-electron chi connectivity index (χ3n) is 4.27. The van der Waals surface area contributed by atoms with Gasteiger partial charge in [-0.05, 0) is 29.8 Å². The molecule has 0 saturated carbocycles. The average Bonchev–Trinajstić information content (AvgIpc) is 3.16. The van der Waals surface area contributed by atoms with E-state index in [0.29, 0.717) is 34.9 Å². The molecule has 144 valence electrons. The average molecular weight is 397 g/mol. The normalized spacial score (nSPS) is 17.1. The van der Waals surface area contributed by atoms with Crippen molar-refractivity contribution < 1.29 is 27.4 Å². The Labute approximate surface area is 159 Å². The third kappa shape index (κ3) is 4.16. The zero-order valence-corrected chi connectivity index (χ0v) is 15.6. The van der Waals surface area contributed by atoms with E-state index in [9.17, 15) is 18.0 Å². The van der Waals surface area contributed by atoms with E-state index in [1.165, 1.54) is 38.1 Å². The maximum atomic E-state index is 13.0. The van der Waals surface area contributed by atoms with Crippen LogP contribution in [0.5, 0.6) is 11.5 Å². The number of hydrogen-bond acceptors (Lipinski definition) is 4. The molecule has 1 atom stereocenters. The Bertz CT molecular complexity index is 802. The van der Waals surface area contributed by atoms with Crippen molar-refractivity contribution in [2.24, 2.45) is 0 Å². The minimum Gasteiger partial charge on any atom is -0.497 e. The van der Waals surface area contributed by atoms with Crippen molar-refractivity contribution in [3.8, 4) is 11.5 Å². The number of halogens is 3. The van der Waals surface area contributed by atoms with Crippen LogP contribution < -0.4 is 9.47 Å². The Kier molecular flexibility index (Phi) is 5.55. The van der Waals surface area contributed by atoms with Crippen LogP contribution in [0.1, 0.15) is 26.9 Å². The van der Waals surface area contributed by atoms with Crippen molar-refractivity contribution in [2.75, 3.05) is 26.5 Å². The highest BCUT2D eigenvalue weighted by molar-refractivity contribution is 7.99. The lowest BCUT2D eigenvalue weighted by molar-refractivity contribution is -0.137. The molecule has 1 fully saturated rings. The molecule has 2 aromatic carbocycles. The number of thioether (sulfide) groups is 1. The lowest BCUT2D eigenvalue weighted by atomic mass is 10.1. The van der Waals surface area contributed by atoms with E-state index >= 15 is 0 Å². The molecule has 1 heterocycles. The van der Waals surface area contributed by atoms with Gasteiger partial charge < -0.3 is 14.4 Å². The van der Waals surface area contributed by atoms with E-state index in [1.54, 1.807) is 23.1 Å². The van der Waals surface area contributed by atoms with Crippen LogP contribution in [0.2, 0.25) is 0 Å². The Morgan fingerprint density at radius 2 is 1.67 bits per heavy atom. The van der Waals surface area contributed by atoms with Crippen LogP contribution in [0, 0.1) is 0 Å². The van der Waals surface area contributed by atoms with Gasteiger partial charge in [-0.2, -0.15) is 13.2 Å². The largest absolute Gasteiger partial charge is 0.497 e. The van der Waals surface area contributed by atoms with Crippen LogP contribution in [0.4, 0.5) is 13.2 Å². The van der Waals surface area contributed by atoms with Crippen molar-refractivity contribution in [3.63, 3.8) is 0 Å². The number of hydrogen-bond donors (Lipinski definition) is 0. The summed E-state index contributed by atoms with van der Waals surface area (Å²) < 4.78 is 48.7. The van der Waals surface area contributed by atoms with E-state index in [2.05, 4.69) is 0 Å². The molecule has 2 aromatic rings. The summed E-state index contributed by atoms with van der Waals surface area (Å²) in [4.78, 5) is 14.7. The fourth-order valence-corrected chi connectivity index (χ4v) is 4.14. The quantitative estimate of drug-likeness (QED) is 0.755. The molecule has 1 amide bonds. The van der Waals surface area contributed by atoms with E-state index in [0.717, 1.165) is 12.1 Å². The zero-order valence-electron chi connectivity index (χ0n) is 14.7. The van der Waals surface area contributed by atoms with Crippen molar-refractivity contribution in [1.29, 1.82) is 0 Å². The maximum Gasteiger partial charge on any atom is 0.416 e. The number of ether oxygens (including phenoxy) is 2. The molecular weight excluding hydrogens is 379 g/mol. The fourth-order valence-electron chi connectivity index (χ4n) is 2.89. The third-order valence-corrected chi connectivity index (χ3v) is 5.53. The van der Waals surface area contributed by atoms with Crippen molar-refractivity contribution >= 4 is 17.7 Å². The van der Waals surface area contributed by atoms with Crippen LogP contribution in [0.25, 0.3) is 0 Å². The van der Waals surface area contributed by atoms with Crippen molar-refractivity contribution in [3.05, 3.63) is 59.2 Å². The van der Waals surface area contributed by atoms with Crippen molar-refractivity contribution in [2.45, 2.75) is 11.6 Å². The van der Waals surface area contributed by atoms with Crippen LogP contribution in [0.15, 0.2) is 42.5 Å². The predicted octanol–water partition coefficient (Wildman–Crippen LogP) is 4.61. The number of benzene rings is 2. The van der Waals surface area contributed by atoms with Crippen LogP contribution in [-0.4, -0.2) is 37.3 Å². The highest BCUT2D eigenvalue weighted by atomic mass is 32.2. The Morgan fingerprint density at radius 1 is 1.07 bits per heavy atom. The Morgan fingerprint density at radius 3 is 2.19 bits per heavy atom. The second-order valence-electron chi connectivity index (χ2n) is 5.94. The van der Waals surface area contributed by atoms with E-state index in [4.69, 9.17) is 9.47 Å². The number of carbonyl (C=O) groups is 1. The van der Waals surface area contributed by atoms with Gasteiger partial charge in [-0.25, -0.2) is 0 Å². The molecule has 1 aliphatic rings. The fraction of sp³-hybridized carbons (Fsp3) is 0.316. The number of carbonyl (C=O) groups excluding carboxylic acids is 1. The molecular formula is C19H18F3NO3S. The molecule has 0 radical (unpaired) electrons. The lowest BCUT2D eigenvalue weighted by Crippen LogP contribution is -2.30. The smallest absolute Gasteiger partial charge is 0.416 e. The highest BCUT2D eigenvalue weighted by Gasteiger charge is 2.34. The minimum atomic E-state index is -4.38. The molecule has 8 heteroatoms. The first-order valence-corrected chi connectivity index (χ1v) is 9.21. The number of alkyl halides is 3. The maximum absolute atomic E-state index is 13.0. The molecule has 27 heavy (non-hydrogen) atoms. The van der Waals surface area contributed by atoms with Gasteiger partial charge in [0.1, 0.15) is 16.9 Å². The lowest BCUT2D eigenvalue weighted by Gasteiger charge is -2.25. The van der Waals surface area contributed by atoms with Crippen molar-refractivity contribution in [1.82, 2.24) is 4.90 Å². The molecule has 0 aliphatic carbocycles. The molecule has 0 spiro atoms. The molecule has 4 nitrogen and oxygen atoms in total. The first-order chi connectivity index (χ1) is 12.8. The summed E-state index contributed by atoms with van der Waals surface area (Å²) >= 11 is 1.52.